The number of ether oxygens (including phenoxy) is 2. The first kappa shape index (κ1) is 42.0. The van der Waals surface area contributed by atoms with Crippen LogP contribution in [0.15, 0.2) is 82.6 Å². The third-order valence-electron chi connectivity index (χ3n) is 14.8. The number of aromatic nitrogens is 8. The summed E-state index contributed by atoms with van der Waals surface area (Å²) < 4.78 is 26.7. The minimum atomic E-state index is 0.159. The molecule has 14 nitrogen and oxygen atoms in total. The van der Waals surface area contributed by atoms with Gasteiger partial charge in [-0.05, 0) is 132 Å². The fraction of sp³-hybridized carbons (Fsp3) is 0.423. The van der Waals surface area contributed by atoms with E-state index in [0.717, 1.165) is 120 Å². The fourth-order valence-corrected chi connectivity index (χ4v) is 12.3. The van der Waals surface area contributed by atoms with E-state index in [2.05, 4.69) is 70.0 Å². The summed E-state index contributed by atoms with van der Waals surface area (Å²) in [4.78, 5) is 18.6. The van der Waals surface area contributed by atoms with E-state index in [4.69, 9.17) is 28.5 Å². The summed E-state index contributed by atoms with van der Waals surface area (Å²) >= 11 is 0. The van der Waals surface area contributed by atoms with Crippen LogP contribution in [0.25, 0.3) is 56.1 Å². The van der Waals surface area contributed by atoms with E-state index >= 15 is 0 Å². The summed E-state index contributed by atoms with van der Waals surface area (Å²) in [7, 11) is 3.42. The lowest BCUT2D eigenvalue weighted by Crippen LogP contribution is -2.55. The first-order chi connectivity index (χ1) is 32.2. The Bertz CT molecular complexity index is 2990. The number of aryl methyl sites for hydroxylation is 4. The van der Waals surface area contributed by atoms with Crippen molar-refractivity contribution < 1.29 is 18.5 Å². The smallest absolute Gasteiger partial charge is 0.157 e. The average Bonchev–Trinajstić information content (AvgIpc) is 4.08. The molecule has 2 aromatic carbocycles. The van der Waals surface area contributed by atoms with Gasteiger partial charge in [-0.1, -0.05) is 41.7 Å². The largest absolute Gasteiger partial charge is 0.496 e. The molecule has 2 N–H and O–H groups in total. The second kappa shape index (κ2) is 16.9. The van der Waals surface area contributed by atoms with E-state index in [1.807, 2.05) is 58.5 Å². The summed E-state index contributed by atoms with van der Waals surface area (Å²) in [6, 6.07) is 12.9. The van der Waals surface area contributed by atoms with Gasteiger partial charge in [-0.2, -0.15) is 0 Å². The normalized spacial score (nSPS) is 21.3. The molecule has 6 heterocycles. The highest BCUT2D eigenvalue weighted by Gasteiger charge is 2.51. The molecular weight excluding hydrogens is 829 g/mol. The van der Waals surface area contributed by atoms with Crippen LogP contribution in [0.2, 0.25) is 0 Å². The molecule has 5 fully saturated rings. The van der Waals surface area contributed by atoms with Crippen LogP contribution in [0.1, 0.15) is 93.5 Å². The molecule has 4 bridgehead atoms. The van der Waals surface area contributed by atoms with Crippen molar-refractivity contribution in [2.24, 2.45) is 17.8 Å². The number of nitrogens with one attached hydrogen (secondary N) is 2. The molecule has 0 saturated heterocycles. The highest BCUT2D eigenvalue weighted by molar-refractivity contribution is 5.85. The van der Waals surface area contributed by atoms with Crippen molar-refractivity contribution in [2.45, 2.75) is 110 Å². The number of hydrogen-bond acceptors (Lipinski definition) is 12. The topological polar surface area (TPSA) is 155 Å². The van der Waals surface area contributed by atoms with Crippen LogP contribution in [0.4, 0.5) is 11.6 Å². The van der Waals surface area contributed by atoms with E-state index < -0.39 is 0 Å². The van der Waals surface area contributed by atoms with Crippen LogP contribution in [0.5, 0.6) is 11.5 Å². The van der Waals surface area contributed by atoms with Gasteiger partial charge in [0.25, 0.3) is 0 Å². The molecule has 340 valence electrons. The van der Waals surface area contributed by atoms with Crippen LogP contribution in [0.3, 0.4) is 0 Å². The number of rotatable bonds is 10. The summed E-state index contributed by atoms with van der Waals surface area (Å²) in [5.74, 6) is 7.78. The van der Waals surface area contributed by atoms with Gasteiger partial charge in [0.2, 0.25) is 0 Å². The monoisotopic (exact) mass is 886 g/mol. The van der Waals surface area contributed by atoms with E-state index in [9.17, 15) is 0 Å². The number of nitrogens with zero attached hydrogens (tertiary/aromatic N) is 8. The third kappa shape index (κ3) is 7.53. The molecule has 8 aromatic rings. The highest BCUT2D eigenvalue weighted by Crippen LogP contribution is 2.57. The quantitative estimate of drug-likeness (QED) is 0.134. The molecule has 5 saturated carbocycles. The summed E-state index contributed by atoms with van der Waals surface area (Å²) in [6.45, 7) is 7.79. The number of benzene rings is 2. The molecule has 0 radical (unpaired) electrons. The minimum Gasteiger partial charge on any atom is -0.496 e. The Labute approximate surface area is 384 Å². The van der Waals surface area contributed by atoms with Gasteiger partial charge in [-0.3, -0.25) is 18.8 Å². The molecular formula is C52H58N10O4. The Morgan fingerprint density at radius 3 is 1.59 bits per heavy atom. The number of fused-ring (bicyclic) bond motifs is 2. The van der Waals surface area contributed by atoms with E-state index in [0.29, 0.717) is 6.04 Å². The molecule has 5 aliphatic carbocycles. The maximum absolute atomic E-state index is 5.92. The zero-order valence-corrected chi connectivity index (χ0v) is 38.7. The van der Waals surface area contributed by atoms with Crippen molar-refractivity contribution in [1.29, 1.82) is 0 Å². The standard InChI is InChI=1S/C28H31N5O2.C24H27N5O2/c1-16-25(17(2)35-32-16)21-4-5-22(23(11-21)34-3)26-27(33-7-6-29-15-24(33)30-26)31-28-12-18-8-19(13-28)10-20(9-18)14-28;1-15-22(16(2)31-28-15)17-9-10-19(20(13-17)30-3)23-24(26-18-7-5-4-6-8-18)29-12-11-25-14-21(29)27-23/h4-7,11,15,18-20,31H,8-10,12-14H2,1-3H3;9-14,18,26H,4-8H2,1-3H3. The number of imidazole rings is 2. The number of methoxy groups -OCH3 is 2. The number of anilines is 2. The van der Waals surface area contributed by atoms with Crippen LogP contribution >= 0.6 is 0 Å². The van der Waals surface area contributed by atoms with Crippen LogP contribution in [0, 0.1) is 45.4 Å². The van der Waals surface area contributed by atoms with Crippen LogP contribution in [-0.2, 0) is 0 Å². The molecule has 0 atom stereocenters. The van der Waals surface area contributed by atoms with E-state index in [1.165, 1.54) is 70.6 Å². The maximum Gasteiger partial charge on any atom is 0.157 e. The molecule has 66 heavy (non-hydrogen) atoms. The van der Waals surface area contributed by atoms with Crippen molar-refractivity contribution in [3.63, 3.8) is 0 Å². The Morgan fingerprint density at radius 2 is 1.12 bits per heavy atom. The van der Waals surface area contributed by atoms with Crippen molar-refractivity contribution >= 4 is 22.9 Å². The Morgan fingerprint density at radius 1 is 0.636 bits per heavy atom. The van der Waals surface area contributed by atoms with Gasteiger partial charge in [0.05, 0.1) is 38.0 Å². The predicted octanol–water partition coefficient (Wildman–Crippen LogP) is 11.5. The first-order valence-electron chi connectivity index (χ1n) is 23.6. The van der Waals surface area contributed by atoms with Gasteiger partial charge >= 0.3 is 0 Å². The fourth-order valence-electron chi connectivity index (χ4n) is 12.3. The van der Waals surface area contributed by atoms with Gasteiger partial charge in [0.15, 0.2) is 11.3 Å². The summed E-state index contributed by atoms with van der Waals surface area (Å²) in [5, 5.41) is 16.1. The zero-order valence-electron chi connectivity index (χ0n) is 38.7. The van der Waals surface area contributed by atoms with E-state index in [-0.39, 0.29) is 5.54 Å². The second-order valence-electron chi connectivity index (χ2n) is 19.3. The lowest BCUT2D eigenvalue weighted by Gasteiger charge is -2.57. The second-order valence-corrected chi connectivity index (χ2v) is 19.3. The van der Waals surface area contributed by atoms with Gasteiger partial charge in [-0.25, -0.2) is 9.97 Å². The van der Waals surface area contributed by atoms with Crippen molar-refractivity contribution in [2.75, 3.05) is 24.9 Å². The molecule has 0 unspecified atom stereocenters. The lowest BCUT2D eigenvalue weighted by molar-refractivity contribution is 0.0105. The molecule has 6 aromatic heterocycles. The minimum absolute atomic E-state index is 0.159. The van der Waals surface area contributed by atoms with Crippen LogP contribution < -0.4 is 20.1 Å². The van der Waals surface area contributed by atoms with Crippen molar-refractivity contribution in [3.8, 4) is 56.3 Å². The van der Waals surface area contributed by atoms with Gasteiger partial charge < -0.3 is 29.2 Å². The van der Waals surface area contributed by atoms with Gasteiger partial charge in [0.1, 0.15) is 46.0 Å². The van der Waals surface area contributed by atoms with Crippen LogP contribution in [-0.4, -0.2) is 64.9 Å². The summed E-state index contributed by atoms with van der Waals surface area (Å²) in [6.07, 6.45) is 25.5. The molecule has 0 spiro atoms. The van der Waals surface area contributed by atoms with Crippen molar-refractivity contribution in [3.05, 3.63) is 96.5 Å². The van der Waals surface area contributed by atoms with Crippen molar-refractivity contribution in [1.82, 2.24) is 39.1 Å². The Kier molecular flexibility index (Phi) is 10.8. The zero-order chi connectivity index (χ0) is 45.1. The highest BCUT2D eigenvalue weighted by atomic mass is 16.5. The SMILES string of the molecule is COc1cc(-c2c(C)noc2C)ccc1-c1nc2cnccn2c1NC12CC3CC(CC(C3)C1)C2.COc1cc(-c2c(C)noc2C)ccc1-c1nc2cnccn2c1NC1CCCCC1. The Balaban J connectivity index is 0.000000147. The first-order valence-corrected chi connectivity index (χ1v) is 23.6. The molecule has 14 heteroatoms. The Hall–Kier alpha value is -6.70. The third-order valence-corrected chi connectivity index (χ3v) is 14.8. The van der Waals surface area contributed by atoms with Gasteiger partial charge in [0, 0.05) is 58.6 Å². The lowest BCUT2D eigenvalue weighted by atomic mass is 9.53. The number of hydrogen-bond donors (Lipinski definition) is 2. The summed E-state index contributed by atoms with van der Waals surface area (Å²) in [5.41, 5.74) is 11.3. The maximum atomic E-state index is 5.92. The van der Waals surface area contributed by atoms with E-state index in [1.54, 1.807) is 26.6 Å². The molecule has 0 aliphatic heterocycles. The molecule has 5 aliphatic rings. The molecule has 13 rings (SSSR count). The average molecular weight is 887 g/mol. The molecule has 0 amide bonds. The predicted molar refractivity (Wildman–Crippen MR) is 255 cm³/mol. The van der Waals surface area contributed by atoms with Gasteiger partial charge in [-0.15, -0.1) is 0 Å².